The van der Waals surface area contributed by atoms with Crippen molar-refractivity contribution < 1.29 is 4.79 Å². The number of amides is 1. The summed E-state index contributed by atoms with van der Waals surface area (Å²) >= 11 is 0. The van der Waals surface area contributed by atoms with Gasteiger partial charge in [0.05, 0.1) is 35.4 Å². The number of nitrogens with one attached hydrogen (secondary N) is 3. The number of aromatic nitrogens is 2. The zero-order chi connectivity index (χ0) is 26.5. The monoisotopic (exact) mass is 482 g/mol. The average Bonchev–Trinajstić information content (AvgIpc) is 2.83. The molecule has 0 spiro atoms. The van der Waals surface area contributed by atoms with E-state index in [0.717, 1.165) is 34.9 Å². The van der Waals surface area contributed by atoms with Crippen LogP contribution in [0.25, 0.3) is 5.70 Å². The minimum atomic E-state index is -0.304. The summed E-state index contributed by atoms with van der Waals surface area (Å²) in [5, 5.41) is 18.9. The summed E-state index contributed by atoms with van der Waals surface area (Å²) in [7, 11) is 0. The van der Waals surface area contributed by atoms with Crippen molar-refractivity contribution in [3.05, 3.63) is 83.3 Å². The summed E-state index contributed by atoms with van der Waals surface area (Å²) in [6.07, 6.45) is 3.36. The van der Waals surface area contributed by atoms with Crippen LogP contribution < -0.4 is 16.0 Å². The molecule has 1 amide bonds. The number of carbonyl (C=O) groups is 1. The number of carbonyl (C=O) groups excluding carboxylic acids is 1. The number of nitriles is 1. The molecule has 0 aliphatic rings. The van der Waals surface area contributed by atoms with Crippen molar-refractivity contribution in [1.29, 1.82) is 5.26 Å². The molecule has 0 aliphatic heterocycles. The first-order valence-electron chi connectivity index (χ1n) is 12.0. The van der Waals surface area contributed by atoms with Gasteiger partial charge in [-0.25, -0.2) is 4.98 Å². The Hall–Kier alpha value is -4.18. The minimum Gasteiger partial charge on any atom is -0.370 e. The number of anilines is 3. The quantitative estimate of drug-likeness (QED) is 0.345. The zero-order valence-corrected chi connectivity index (χ0v) is 21.9. The Morgan fingerprint density at radius 1 is 1.06 bits per heavy atom. The van der Waals surface area contributed by atoms with Gasteiger partial charge in [0.25, 0.3) is 5.91 Å². The SMILES string of the molecule is C=C(Nc1ccc(NCC(C)C)nc1)c1cc(NC(=O)c2cc(C#N)cc(C(C)(C)C)c2)cnc1C. The number of nitrogens with zero attached hydrogens (tertiary/aromatic N) is 3. The van der Waals surface area contributed by atoms with Gasteiger partial charge < -0.3 is 16.0 Å². The van der Waals surface area contributed by atoms with Gasteiger partial charge in [0, 0.05) is 29.1 Å². The van der Waals surface area contributed by atoms with Gasteiger partial charge in [0.15, 0.2) is 0 Å². The molecule has 186 valence electrons. The van der Waals surface area contributed by atoms with Crippen LogP contribution >= 0.6 is 0 Å². The van der Waals surface area contributed by atoms with Gasteiger partial charge in [-0.1, -0.05) is 41.2 Å². The van der Waals surface area contributed by atoms with Gasteiger partial charge >= 0.3 is 0 Å². The van der Waals surface area contributed by atoms with E-state index in [-0.39, 0.29) is 11.3 Å². The van der Waals surface area contributed by atoms with E-state index < -0.39 is 0 Å². The first kappa shape index (κ1) is 26.4. The highest BCUT2D eigenvalue weighted by Crippen LogP contribution is 2.26. The molecule has 0 atom stereocenters. The third-order valence-corrected chi connectivity index (χ3v) is 5.61. The number of benzene rings is 1. The van der Waals surface area contributed by atoms with Crippen molar-refractivity contribution in [2.24, 2.45) is 5.92 Å². The average molecular weight is 483 g/mol. The van der Waals surface area contributed by atoms with E-state index in [0.29, 0.717) is 28.4 Å². The fourth-order valence-electron chi connectivity index (χ4n) is 3.49. The molecule has 0 aliphatic carbocycles. The van der Waals surface area contributed by atoms with Crippen molar-refractivity contribution in [1.82, 2.24) is 9.97 Å². The standard InChI is InChI=1S/C29H34N6O/c1-18(2)15-32-27-9-8-24(16-33-27)34-20(4)26-13-25(17-31-19(26)3)35-28(36)22-10-21(14-30)11-23(12-22)29(5,6)7/h8-13,16-18,34H,4,15H2,1-3,5-7H3,(H,32,33)(H,35,36). The molecule has 3 N–H and O–H groups in total. The lowest BCUT2D eigenvalue weighted by Crippen LogP contribution is -2.17. The topological polar surface area (TPSA) is 103 Å². The molecule has 3 aromatic rings. The predicted octanol–water partition coefficient (Wildman–Crippen LogP) is 6.36. The summed E-state index contributed by atoms with van der Waals surface area (Å²) in [5.41, 5.74) is 5.13. The Labute approximate surface area is 213 Å². The lowest BCUT2D eigenvalue weighted by Gasteiger charge is -2.20. The molecular weight excluding hydrogens is 448 g/mol. The van der Waals surface area contributed by atoms with Crippen molar-refractivity contribution in [2.45, 2.75) is 47.0 Å². The number of rotatable bonds is 8. The molecule has 0 saturated carbocycles. The Balaban J connectivity index is 1.76. The molecule has 0 radical (unpaired) electrons. The van der Waals surface area contributed by atoms with Gasteiger partial charge in [0.2, 0.25) is 0 Å². The maximum atomic E-state index is 13.0. The van der Waals surface area contributed by atoms with E-state index in [4.69, 9.17) is 0 Å². The first-order valence-corrected chi connectivity index (χ1v) is 12.0. The number of hydrogen-bond donors (Lipinski definition) is 3. The molecule has 0 fully saturated rings. The predicted molar refractivity (Wildman–Crippen MR) is 147 cm³/mol. The van der Waals surface area contributed by atoms with Crippen molar-refractivity contribution in [3.8, 4) is 6.07 Å². The lowest BCUT2D eigenvalue weighted by atomic mass is 9.85. The molecule has 36 heavy (non-hydrogen) atoms. The second-order valence-electron chi connectivity index (χ2n) is 10.3. The molecule has 7 nitrogen and oxygen atoms in total. The van der Waals surface area contributed by atoms with Crippen molar-refractivity contribution in [2.75, 3.05) is 22.5 Å². The maximum absolute atomic E-state index is 13.0. The molecule has 0 bridgehead atoms. The summed E-state index contributed by atoms with van der Waals surface area (Å²) in [4.78, 5) is 21.9. The van der Waals surface area contributed by atoms with E-state index in [9.17, 15) is 10.1 Å². The molecule has 0 unspecified atom stereocenters. The van der Waals surface area contributed by atoms with Crippen LogP contribution in [-0.4, -0.2) is 22.4 Å². The summed E-state index contributed by atoms with van der Waals surface area (Å²) in [6, 6.07) is 13.1. The Bertz CT molecular complexity index is 1300. The van der Waals surface area contributed by atoms with Gasteiger partial charge in [-0.05, 0) is 60.2 Å². The van der Waals surface area contributed by atoms with Crippen LogP contribution in [0.1, 0.15) is 67.4 Å². The van der Waals surface area contributed by atoms with E-state index in [2.05, 4.69) is 52.4 Å². The minimum absolute atomic E-state index is 0.193. The Kier molecular flexibility index (Phi) is 8.11. The summed E-state index contributed by atoms with van der Waals surface area (Å²) in [6.45, 7) is 17.3. The normalized spacial score (nSPS) is 11.1. The van der Waals surface area contributed by atoms with E-state index in [1.54, 1.807) is 18.5 Å². The second kappa shape index (κ2) is 11.0. The fraction of sp³-hybridized carbons (Fsp3) is 0.310. The van der Waals surface area contributed by atoms with Crippen LogP contribution in [0.4, 0.5) is 17.2 Å². The van der Waals surface area contributed by atoms with Crippen LogP contribution in [0.2, 0.25) is 0 Å². The fourth-order valence-corrected chi connectivity index (χ4v) is 3.49. The third-order valence-electron chi connectivity index (χ3n) is 5.61. The first-order chi connectivity index (χ1) is 17.0. The van der Waals surface area contributed by atoms with Crippen LogP contribution in [0.15, 0.2) is 55.4 Å². The van der Waals surface area contributed by atoms with Crippen molar-refractivity contribution in [3.63, 3.8) is 0 Å². The highest BCUT2D eigenvalue weighted by Gasteiger charge is 2.18. The van der Waals surface area contributed by atoms with Crippen LogP contribution in [0, 0.1) is 24.2 Å². The van der Waals surface area contributed by atoms with Gasteiger partial charge in [0.1, 0.15) is 5.82 Å². The molecule has 0 saturated heterocycles. The Morgan fingerprint density at radius 3 is 2.39 bits per heavy atom. The molecule has 2 aromatic heterocycles. The number of pyridine rings is 2. The van der Waals surface area contributed by atoms with Gasteiger partial charge in [-0.3, -0.25) is 9.78 Å². The van der Waals surface area contributed by atoms with Crippen LogP contribution in [-0.2, 0) is 5.41 Å². The van der Waals surface area contributed by atoms with E-state index >= 15 is 0 Å². The highest BCUT2D eigenvalue weighted by molar-refractivity contribution is 6.04. The zero-order valence-electron chi connectivity index (χ0n) is 21.9. The highest BCUT2D eigenvalue weighted by atomic mass is 16.1. The second-order valence-corrected chi connectivity index (χ2v) is 10.3. The molecule has 3 rings (SSSR count). The Morgan fingerprint density at radius 2 is 1.78 bits per heavy atom. The molecular formula is C29H34N6O. The van der Waals surface area contributed by atoms with Gasteiger partial charge in [-0.2, -0.15) is 5.26 Å². The van der Waals surface area contributed by atoms with Crippen molar-refractivity contribution >= 4 is 28.8 Å². The number of aryl methyl sites for hydroxylation is 1. The molecule has 2 heterocycles. The summed E-state index contributed by atoms with van der Waals surface area (Å²) < 4.78 is 0. The van der Waals surface area contributed by atoms with Crippen LogP contribution in [0.5, 0.6) is 0 Å². The molecule has 7 heteroatoms. The maximum Gasteiger partial charge on any atom is 0.255 e. The van der Waals surface area contributed by atoms with E-state index in [1.165, 1.54) is 0 Å². The van der Waals surface area contributed by atoms with Gasteiger partial charge in [-0.15, -0.1) is 0 Å². The largest absolute Gasteiger partial charge is 0.370 e. The lowest BCUT2D eigenvalue weighted by molar-refractivity contribution is 0.102. The third kappa shape index (κ3) is 6.92. The number of hydrogen-bond acceptors (Lipinski definition) is 6. The van der Waals surface area contributed by atoms with Crippen LogP contribution in [0.3, 0.4) is 0 Å². The summed E-state index contributed by atoms with van der Waals surface area (Å²) in [5.74, 6) is 1.04. The molecule has 1 aromatic carbocycles. The smallest absolute Gasteiger partial charge is 0.255 e. The van der Waals surface area contributed by atoms with E-state index in [1.807, 2.05) is 58.0 Å².